The van der Waals surface area contributed by atoms with Gasteiger partial charge in [0.25, 0.3) is 0 Å². The Balaban J connectivity index is 1.67. The van der Waals surface area contributed by atoms with E-state index in [0.717, 1.165) is 23.6 Å². The molecule has 0 aromatic heterocycles. The monoisotopic (exact) mass is 263 g/mol. The highest BCUT2D eigenvalue weighted by atomic mass is 35.5. The maximum absolute atomic E-state index is 12.3. The van der Waals surface area contributed by atoms with E-state index in [1.807, 2.05) is 24.3 Å². The van der Waals surface area contributed by atoms with Gasteiger partial charge in [-0.05, 0) is 48.8 Å². The highest BCUT2D eigenvalue weighted by Gasteiger charge is 2.42. The van der Waals surface area contributed by atoms with Crippen molar-refractivity contribution >= 4 is 23.2 Å². The number of anilines is 1. The van der Waals surface area contributed by atoms with Crippen LogP contribution in [0.3, 0.4) is 0 Å². The minimum Gasteiger partial charge on any atom is -0.326 e. The first-order chi connectivity index (χ1) is 8.76. The predicted octanol–water partition coefficient (Wildman–Crippen LogP) is 3.80. The Morgan fingerprint density at radius 2 is 2.22 bits per heavy atom. The molecule has 2 fully saturated rings. The fraction of sp³-hybridized carbons (Fsp3) is 0.533. The largest absolute Gasteiger partial charge is 0.326 e. The number of rotatable bonds is 3. The molecule has 2 nitrogen and oxygen atoms in total. The summed E-state index contributed by atoms with van der Waals surface area (Å²) in [6, 6.07) is 7.80. The van der Waals surface area contributed by atoms with Crippen molar-refractivity contribution in [3.63, 3.8) is 0 Å². The summed E-state index contributed by atoms with van der Waals surface area (Å²) >= 11 is 5.80. The first-order valence-electron chi connectivity index (χ1n) is 6.72. The molecule has 1 aromatic rings. The molecule has 3 unspecified atom stereocenters. The summed E-state index contributed by atoms with van der Waals surface area (Å²) < 4.78 is 0. The van der Waals surface area contributed by atoms with Gasteiger partial charge in [0.15, 0.2) is 0 Å². The molecule has 0 radical (unpaired) electrons. The Morgan fingerprint density at radius 3 is 2.89 bits per heavy atom. The lowest BCUT2D eigenvalue weighted by Crippen LogP contribution is -2.27. The van der Waals surface area contributed by atoms with Gasteiger partial charge in [-0.3, -0.25) is 4.79 Å². The smallest absolute Gasteiger partial charge is 0.227 e. The Labute approximate surface area is 113 Å². The van der Waals surface area contributed by atoms with Gasteiger partial charge >= 0.3 is 0 Å². The van der Waals surface area contributed by atoms with Crippen LogP contribution in [0.1, 0.15) is 31.2 Å². The summed E-state index contributed by atoms with van der Waals surface area (Å²) in [5, 5.41) is 3.05. The highest BCUT2D eigenvalue weighted by Crippen LogP contribution is 2.48. The SMILES string of the molecule is O=C(Nc1cccc(CCl)c1)C1CC2CCC1C2. The molecule has 0 aliphatic heterocycles. The molecule has 0 saturated heterocycles. The zero-order valence-electron chi connectivity index (χ0n) is 10.4. The number of nitrogens with one attached hydrogen (secondary N) is 1. The third kappa shape index (κ3) is 2.26. The second kappa shape index (κ2) is 4.93. The molecule has 3 heteroatoms. The number of hydrogen-bond donors (Lipinski definition) is 1. The van der Waals surface area contributed by atoms with Crippen molar-refractivity contribution in [3.8, 4) is 0 Å². The van der Waals surface area contributed by atoms with Crippen molar-refractivity contribution < 1.29 is 4.79 Å². The first-order valence-corrected chi connectivity index (χ1v) is 7.25. The first kappa shape index (κ1) is 12.0. The van der Waals surface area contributed by atoms with Crippen molar-refractivity contribution in [3.05, 3.63) is 29.8 Å². The quantitative estimate of drug-likeness (QED) is 0.826. The van der Waals surface area contributed by atoms with Gasteiger partial charge in [0.2, 0.25) is 5.91 Å². The fourth-order valence-electron chi connectivity index (χ4n) is 3.53. The minimum atomic E-state index is 0.203. The van der Waals surface area contributed by atoms with Crippen LogP contribution in [0.2, 0.25) is 0 Å². The third-order valence-electron chi connectivity index (χ3n) is 4.42. The molecule has 3 rings (SSSR count). The topological polar surface area (TPSA) is 29.1 Å². The Hall–Kier alpha value is -1.02. The zero-order valence-corrected chi connectivity index (χ0v) is 11.1. The van der Waals surface area contributed by atoms with Gasteiger partial charge in [-0.15, -0.1) is 11.6 Å². The molecule has 0 heterocycles. The lowest BCUT2D eigenvalue weighted by atomic mass is 9.88. The van der Waals surface area contributed by atoms with Crippen LogP contribution in [-0.2, 0) is 10.7 Å². The maximum atomic E-state index is 12.3. The molecule has 1 amide bonds. The Morgan fingerprint density at radius 1 is 1.33 bits per heavy atom. The van der Waals surface area contributed by atoms with Crippen LogP contribution in [0.15, 0.2) is 24.3 Å². The molecule has 1 aromatic carbocycles. The van der Waals surface area contributed by atoms with Crippen molar-refractivity contribution in [1.82, 2.24) is 0 Å². The molecule has 1 N–H and O–H groups in total. The Bertz CT molecular complexity index is 460. The van der Waals surface area contributed by atoms with E-state index in [0.29, 0.717) is 11.8 Å². The maximum Gasteiger partial charge on any atom is 0.227 e. The van der Waals surface area contributed by atoms with E-state index in [9.17, 15) is 4.79 Å². The summed E-state index contributed by atoms with van der Waals surface area (Å²) in [5.74, 6) is 2.36. The molecule has 3 atom stereocenters. The van der Waals surface area contributed by atoms with Gasteiger partial charge < -0.3 is 5.32 Å². The normalized spacial score (nSPS) is 29.5. The summed E-state index contributed by atoms with van der Waals surface area (Å²) in [5.41, 5.74) is 1.92. The highest BCUT2D eigenvalue weighted by molar-refractivity contribution is 6.17. The lowest BCUT2D eigenvalue weighted by Gasteiger charge is -2.20. The number of halogens is 1. The van der Waals surface area contributed by atoms with E-state index in [4.69, 9.17) is 11.6 Å². The second-order valence-electron chi connectivity index (χ2n) is 5.60. The van der Waals surface area contributed by atoms with Gasteiger partial charge in [0.05, 0.1) is 0 Å². The summed E-state index contributed by atoms with van der Waals surface area (Å²) in [4.78, 5) is 12.3. The average molecular weight is 264 g/mol. The van der Waals surface area contributed by atoms with E-state index < -0.39 is 0 Å². The van der Waals surface area contributed by atoms with Gasteiger partial charge in [0.1, 0.15) is 0 Å². The molecule has 2 bridgehead atoms. The standard InChI is InChI=1S/C15H18ClNO/c16-9-11-2-1-3-13(7-11)17-15(18)14-8-10-4-5-12(14)6-10/h1-3,7,10,12,14H,4-6,8-9H2,(H,17,18). The van der Waals surface area contributed by atoms with Crippen LogP contribution in [0, 0.1) is 17.8 Å². The van der Waals surface area contributed by atoms with Crippen molar-refractivity contribution in [2.45, 2.75) is 31.6 Å². The lowest BCUT2D eigenvalue weighted by molar-refractivity contribution is -0.121. The van der Waals surface area contributed by atoms with E-state index in [1.165, 1.54) is 19.3 Å². The van der Waals surface area contributed by atoms with E-state index in [2.05, 4.69) is 5.32 Å². The number of carbonyl (C=O) groups excluding carboxylic acids is 1. The molecule has 18 heavy (non-hydrogen) atoms. The van der Waals surface area contributed by atoms with E-state index in [-0.39, 0.29) is 11.8 Å². The summed E-state index contributed by atoms with van der Waals surface area (Å²) in [6.45, 7) is 0. The minimum absolute atomic E-state index is 0.203. The number of hydrogen-bond acceptors (Lipinski definition) is 1. The fourth-order valence-corrected chi connectivity index (χ4v) is 3.70. The molecule has 2 saturated carbocycles. The van der Waals surface area contributed by atoms with Crippen LogP contribution in [0.4, 0.5) is 5.69 Å². The van der Waals surface area contributed by atoms with Crippen LogP contribution in [0.5, 0.6) is 0 Å². The number of alkyl halides is 1. The van der Waals surface area contributed by atoms with E-state index in [1.54, 1.807) is 0 Å². The zero-order chi connectivity index (χ0) is 12.5. The predicted molar refractivity (Wildman–Crippen MR) is 73.6 cm³/mol. The van der Waals surface area contributed by atoms with E-state index >= 15 is 0 Å². The Kier molecular flexibility index (Phi) is 3.29. The summed E-state index contributed by atoms with van der Waals surface area (Å²) in [7, 11) is 0. The number of fused-ring (bicyclic) bond motifs is 2. The molecule has 96 valence electrons. The van der Waals surface area contributed by atoms with Gasteiger partial charge in [-0.25, -0.2) is 0 Å². The second-order valence-corrected chi connectivity index (χ2v) is 5.87. The molecular weight excluding hydrogens is 246 g/mol. The van der Waals surface area contributed by atoms with Gasteiger partial charge in [0, 0.05) is 17.5 Å². The molecule has 0 spiro atoms. The third-order valence-corrected chi connectivity index (χ3v) is 4.73. The molecule has 2 aliphatic carbocycles. The van der Waals surface area contributed by atoms with Crippen molar-refractivity contribution in [2.24, 2.45) is 17.8 Å². The average Bonchev–Trinajstić information content (AvgIpc) is 3.01. The van der Waals surface area contributed by atoms with Crippen molar-refractivity contribution in [1.29, 1.82) is 0 Å². The van der Waals surface area contributed by atoms with Gasteiger partial charge in [-0.2, -0.15) is 0 Å². The molecular formula is C15H18ClNO. The van der Waals surface area contributed by atoms with Crippen LogP contribution in [0.25, 0.3) is 0 Å². The van der Waals surface area contributed by atoms with Crippen molar-refractivity contribution in [2.75, 3.05) is 5.32 Å². The number of amides is 1. The van der Waals surface area contributed by atoms with Crippen LogP contribution < -0.4 is 5.32 Å². The van der Waals surface area contributed by atoms with Gasteiger partial charge in [-0.1, -0.05) is 18.6 Å². The number of carbonyl (C=O) groups is 1. The summed E-state index contributed by atoms with van der Waals surface area (Å²) in [6.07, 6.45) is 4.92. The molecule has 2 aliphatic rings. The van der Waals surface area contributed by atoms with Crippen LogP contribution in [-0.4, -0.2) is 5.91 Å². The van der Waals surface area contributed by atoms with Crippen LogP contribution >= 0.6 is 11.6 Å². The number of benzene rings is 1.